The summed E-state index contributed by atoms with van der Waals surface area (Å²) in [5.74, 6) is -0.819. The zero-order chi connectivity index (χ0) is 14.5. The van der Waals surface area contributed by atoms with Crippen LogP contribution in [0.2, 0.25) is 0 Å². The molecule has 1 amide bonds. The Bertz CT molecular complexity index is 595. The summed E-state index contributed by atoms with van der Waals surface area (Å²) in [6.45, 7) is 0. The van der Waals surface area contributed by atoms with Gasteiger partial charge in [0.1, 0.15) is 5.75 Å². The number of aliphatic carboxylic acids is 1. The molecule has 0 saturated heterocycles. The van der Waals surface area contributed by atoms with Crippen LogP contribution in [0.3, 0.4) is 0 Å². The number of rotatable bonds is 5. The van der Waals surface area contributed by atoms with Crippen molar-refractivity contribution in [3.05, 3.63) is 52.4 Å². The summed E-state index contributed by atoms with van der Waals surface area (Å²) in [5.41, 5.74) is 0.202. The van der Waals surface area contributed by atoms with Crippen molar-refractivity contribution < 1.29 is 19.8 Å². The van der Waals surface area contributed by atoms with Crippen LogP contribution >= 0.6 is 10.9 Å². The number of nitrogens with one attached hydrogen (secondary N) is 1. The van der Waals surface area contributed by atoms with Gasteiger partial charge in [-0.15, -0.1) is 0 Å². The Morgan fingerprint density at radius 2 is 2.00 bits per heavy atom. The fourth-order valence-electron chi connectivity index (χ4n) is 1.79. The summed E-state index contributed by atoms with van der Waals surface area (Å²) in [7, 11) is -0.787. The second-order valence-electron chi connectivity index (χ2n) is 4.20. The van der Waals surface area contributed by atoms with Crippen LogP contribution in [0.1, 0.15) is 16.8 Å². The average molecular weight is 293 g/mol. The number of hydrogen-bond donors (Lipinski definition) is 4. The lowest BCUT2D eigenvalue weighted by Gasteiger charge is -2.18. The van der Waals surface area contributed by atoms with Crippen LogP contribution in [0.25, 0.3) is 0 Å². The van der Waals surface area contributed by atoms with Crippen LogP contribution in [-0.2, 0) is 4.79 Å². The van der Waals surface area contributed by atoms with Crippen molar-refractivity contribution in [2.45, 2.75) is 6.42 Å². The summed E-state index contributed by atoms with van der Waals surface area (Å²) < 4.78 is 0. The normalized spacial score (nSPS) is 18.6. The molecule has 106 valence electrons. The Hall–Kier alpha value is -2.21. The maximum atomic E-state index is 12.1. The van der Waals surface area contributed by atoms with Crippen molar-refractivity contribution >= 4 is 22.8 Å². The van der Waals surface area contributed by atoms with Gasteiger partial charge in [0.25, 0.3) is 5.91 Å². The minimum atomic E-state index is -0.848. The van der Waals surface area contributed by atoms with Gasteiger partial charge in [0, 0.05) is 0 Å². The maximum absolute atomic E-state index is 12.1. The number of phenolic OH excluding ortho intramolecular Hbond substituents is 1. The number of amides is 1. The molecule has 0 fully saturated rings. The Morgan fingerprint density at radius 1 is 1.25 bits per heavy atom. The first-order chi connectivity index (χ1) is 9.58. The van der Waals surface area contributed by atoms with Crippen molar-refractivity contribution in [2.24, 2.45) is 0 Å². The number of carbonyl (C=O) groups is 2. The van der Waals surface area contributed by atoms with E-state index in [0.717, 1.165) is 5.03 Å². The number of aromatic hydroxyl groups is 1. The quantitative estimate of drug-likeness (QED) is 0.625. The Balaban J connectivity index is 2.01. The minimum absolute atomic E-state index is 0.0693. The van der Waals surface area contributed by atoms with Gasteiger partial charge in [-0.1, -0.05) is 18.2 Å². The molecule has 6 heteroatoms. The third-order valence-corrected chi connectivity index (χ3v) is 4.90. The van der Waals surface area contributed by atoms with Crippen LogP contribution in [0.4, 0.5) is 0 Å². The molecule has 0 saturated carbocycles. The van der Waals surface area contributed by atoms with Crippen LogP contribution in [0.15, 0.2) is 46.9 Å². The van der Waals surface area contributed by atoms with E-state index in [0.29, 0.717) is 5.75 Å². The van der Waals surface area contributed by atoms with E-state index in [9.17, 15) is 14.7 Å². The van der Waals surface area contributed by atoms with E-state index in [2.05, 4.69) is 5.32 Å². The largest absolute Gasteiger partial charge is 0.507 e. The molecule has 0 radical (unpaired) electrons. The van der Waals surface area contributed by atoms with Gasteiger partial charge < -0.3 is 15.5 Å². The highest BCUT2D eigenvalue weighted by Gasteiger charge is 2.17. The summed E-state index contributed by atoms with van der Waals surface area (Å²) >= 11 is 0. The smallest absolute Gasteiger partial charge is 0.304 e. The predicted octanol–water partition coefficient (Wildman–Crippen LogP) is 1.97. The fourth-order valence-corrected chi connectivity index (χ4v) is 3.59. The molecule has 0 spiro atoms. The van der Waals surface area contributed by atoms with E-state index in [-0.39, 0.29) is 23.6 Å². The summed E-state index contributed by atoms with van der Waals surface area (Å²) in [4.78, 5) is 22.7. The third kappa shape index (κ3) is 3.42. The number of phenols is 1. The summed E-state index contributed by atoms with van der Waals surface area (Å²) in [6.07, 6.45) is 3.65. The molecular formula is C14H15NO4S. The standard InChI is InChI=1S/C14H15NO4S/c16-11-5-2-1-4-10(11)14(19)15-12-6-3-8-20(12)9-7-13(17)18/h1-6,8,16,20H,7,9H2,(H,15,19)(H,17,18). The lowest BCUT2D eigenvalue weighted by Crippen LogP contribution is -2.22. The maximum Gasteiger partial charge on any atom is 0.304 e. The molecule has 1 heterocycles. The van der Waals surface area contributed by atoms with E-state index in [1.165, 1.54) is 12.1 Å². The fraction of sp³-hybridized carbons (Fsp3) is 0.143. The summed E-state index contributed by atoms with van der Waals surface area (Å²) in [5, 5.41) is 23.7. The van der Waals surface area contributed by atoms with Gasteiger partial charge in [-0.25, -0.2) is 0 Å². The highest BCUT2D eigenvalue weighted by Crippen LogP contribution is 2.39. The SMILES string of the molecule is O=C(O)CC[SH]1C=CC=C1NC(=O)c1ccccc1O. The zero-order valence-electron chi connectivity index (χ0n) is 10.6. The lowest BCUT2D eigenvalue weighted by atomic mass is 10.2. The molecular weight excluding hydrogens is 278 g/mol. The van der Waals surface area contributed by atoms with Crippen molar-refractivity contribution in [3.8, 4) is 5.75 Å². The monoisotopic (exact) mass is 293 g/mol. The van der Waals surface area contributed by atoms with Gasteiger partial charge in [-0.05, 0) is 29.4 Å². The highest BCUT2D eigenvalue weighted by molar-refractivity contribution is 8.23. The number of para-hydroxylation sites is 1. The van der Waals surface area contributed by atoms with Crippen molar-refractivity contribution in [2.75, 3.05) is 5.75 Å². The van der Waals surface area contributed by atoms with Crippen LogP contribution < -0.4 is 5.32 Å². The molecule has 1 unspecified atom stereocenters. The van der Waals surface area contributed by atoms with Gasteiger partial charge in [0.15, 0.2) is 0 Å². The Morgan fingerprint density at radius 3 is 2.70 bits per heavy atom. The second-order valence-corrected chi connectivity index (χ2v) is 6.37. The molecule has 1 aromatic rings. The number of carbonyl (C=O) groups excluding carboxylic acids is 1. The van der Waals surface area contributed by atoms with E-state index in [4.69, 9.17) is 5.11 Å². The Kier molecular flexibility index (Phi) is 4.47. The molecule has 0 bridgehead atoms. The number of hydrogen-bond acceptors (Lipinski definition) is 3. The van der Waals surface area contributed by atoms with Gasteiger partial charge in [0.05, 0.1) is 17.0 Å². The van der Waals surface area contributed by atoms with Gasteiger partial charge in [-0.2, -0.15) is 10.9 Å². The van der Waals surface area contributed by atoms with Gasteiger partial charge >= 0.3 is 5.97 Å². The second kappa shape index (κ2) is 6.29. The van der Waals surface area contributed by atoms with Crippen LogP contribution in [-0.4, -0.2) is 27.8 Å². The molecule has 5 nitrogen and oxygen atoms in total. The van der Waals surface area contributed by atoms with Crippen molar-refractivity contribution in [3.63, 3.8) is 0 Å². The molecule has 1 aliphatic rings. The molecule has 0 aliphatic carbocycles. The molecule has 1 aliphatic heterocycles. The summed E-state index contributed by atoms with van der Waals surface area (Å²) in [6, 6.07) is 6.29. The number of carboxylic acid groups (broad SMARTS) is 1. The van der Waals surface area contributed by atoms with Crippen LogP contribution in [0.5, 0.6) is 5.75 Å². The number of thiol groups is 1. The van der Waals surface area contributed by atoms with E-state index in [1.807, 2.05) is 11.5 Å². The first-order valence-electron chi connectivity index (χ1n) is 6.04. The highest BCUT2D eigenvalue weighted by atomic mass is 32.2. The van der Waals surface area contributed by atoms with E-state index >= 15 is 0 Å². The molecule has 2 rings (SSSR count). The Labute approximate surface area is 119 Å². The number of allylic oxidation sites excluding steroid dienone is 2. The van der Waals surface area contributed by atoms with Crippen LogP contribution in [0, 0.1) is 0 Å². The third-order valence-electron chi connectivity index (χ3n) is 2.79. The zero-order valence-corrected chi connectivity index (χ0v) is 11.5. The molecule has 0 aromatic heterocycles. The van der Waals surface area contributed by atoms with E-state index < -0.39 is 16.9 Å². The molecule has 3 N–H and O–H groups in total. The van der Waals surface area contributed by atoms with Gasteiger partial charge in [-0.3, -0.25) is 9.59 Å². The topological polar surface area (TPSA) is 86.6 Å². The minimum Gasteiger partial charge on any atom is -0.507 e. The van der Waals surface area contributed by atoms with Crippen molar-refractivity contribution in [1.82, 2.24) is 5.32 Å². The number of benzene rings is 1. The molecule has 1 aromatic carbocycles. The lowest BCUT2D eigenvalue weighted by molar-refractivity contribution is -0.136. The predicted molar refractivity (Wildman–Crippen MR) is 78.9 cm³/mol. The van der Waals surface area contributed by atoms with Crippen molar-refractivity contribution in [1.29, 1.82) is 0 Å². The van der Waals surface area contributed by atoms with E-state index in [1.54, 1.807) is 18.2 Å². The van der Waals surface area contributed by atoms with Gasteiger partial charge in [0.2, 0.25) is 0 Å². The first kappa shape index (κ1) is 14.2. The molecule has 1 atom stereocenters. The average Bonchev–Trinajstić information content (AvgIpc) is 2.84. The molecule has 20 heavy (non-hydrogen) atoms. The number of carboxylic acids is 1. The first-order valence-corrected chi connectivity index (χ1v) is 7.64.